The molecule has 70 valence electrons. The Labute approximate surface area is 91.5 Å². The maximum absolute atomic E-state index is 5.85. The van der Waals surface area contributed by atoms with Crippen LogP contribution in [-0.4, -0.2) is 5.17 Å². The minimum atomic E-state index is 0.408. The highest BCUT2D eigenvalue weighted by Crippen LogP contribution is 2.25. The summed E-state index contributed by atoms with van der Waals surface area (Å²) in [5.74, 6) is 0. The molecule has 5 heteroatoms. The second-order valence-electron chi connectivity index (χ2n) is 2.34. The molecule has 1 rings (SSSR count). The summed E-state index contributed by atoms with van der Waals surface area (Å²) < 4.78 is 0. The number of hydrogen-bond donors (Lipinski definition) is 1. The lowest BCUT2D eigenvalue weighted by atomic mass is 10.3. The first kappa shape index (κ1) is 10.6. The summed E-state index contributed by atoms with van der Waals surface area (Å²) in [6, 6.07) is 5.08. The summed E-state index contributed by atoms with van der Waals surface area (Å²) in [7, 11) is 0. The zero-order chi connectivity index (χ0) is 9.84. The van der Waals surface area contributed by atoms with Gasteiger partial charge < -0.3 is 0 Å². The molecule has 2 nitrogen and oxygen atoms in total. The second kappa shape index (κ2) is 4.70. The molecule has 0 radical (unpaired) electrons. The molecule has 0 bridgehead atoms. The fourth-order valence-corrected chi connectivity index (χ4v) is 1.21. The Bertz CT molecular complexity index is 332. The topological polar surface area (TPSA) is 24.4 Å². The molecular weight excluding hydrogens is 230 g/mol. The number of rotatable bonds is 2. The Morgan fingerprint density at radius 2 is 2.08 bits per heavy atom. The van der Waals surface area contributed by atoms with Gasteiger partial charge >= 0.3 is 0 Å². The summed E-state index contributed by atoms with van der Waals surface area (Å²) in [6.07, 6.45) is 0. The average molecular weight is 238 g/mol. The van der Waals surface area contributed by atoms with E-state index in [1.807, 2.05) is 0 Å². The van der Waals surface area contributed by atoms with Crippen LogP contribution in [0.25, 0.3) is 0 Å². The normalized spacial score (nSPS) is 11.5. The van der Waals surface area contributed by atoms with Crippen LogP contribution in [0.2, 0.25) is 10.0 Å². The number of halogens is 3. The Hall–Kier alpha value is -0.440. The van der Waals surface area contributed by atoms with E-state index in [9.17, 15) is 0 Å². The monoisotopic (exact) mass is 236 g/mol. The molecule has 0 saturated heterocycles. The van der Waals surface area contributed by atoms with Crippen molar-refractivity contribution >= 4 is 45.7 Å². The summed E-state index contributed by atoms with van der Waals surface area (Å²) in [5, 5.41) is 5.29. The van der Waals surface area contributed by atoms with E-state index in [4.69, 9.17) is 34.8 Å². The largest absolute Gasteiger partial charge is 0.276 e. The first-order valence-corrected chi connectivity index (χ1v) is 4.64. The minimum absolute atomic E-state index is 0.408. The van der Waals surface area contributed by atoms with Crippen LogP contribution in [0.1, 0.15) is 6.92 Å². The lowest BCUT2D eigenvalue weighted by Crippen LogP contribution is -1.91. The Kier molecular flexibility index (Phi) is 3.85. The lowest BCUT2D eigenvalue weighted by Gasteiger charge is -2.02. The molecule has 0 fully saturated rings. The predicted molar refractivity (Wildman–Crippen MR) is 59.0 cm³/mol. The highest BCUT2D eigenvalue weighted by atomic mass is 35.5. The van der Waals surface area contributed by atoms with Gasteiger partial charge in [0.15, 0.2) is 0 Å². The third kappa shape index (κ3) is 3.43. The molecule has 0 unspecified atom stereocenters. The van der Waals surface area contributed by atoms with Crippen molar-refractivity contribution in [1.29, 1.82) is 0 Å². The van der Waals surface area contributed by atoms with E-state index < -0.39 is 0 Å². The van der Waals surface area contributed by atoms with Gasteiger partial charge in [0.1, 0.15) is 5.17 Å². The number of anilines is 1. The zero-order valence-corrected chi connectivity index (χ0v) is 9.08. The molecule has 0 aliphatic carbocycles. The van der Waals surface area contributed by atoms with Crippen LogP contribution < -0.4 is 5.43 Å². The van der Waals surface area contributed by atoms with E-state index in [-0.39, 0.29) is 0 Å². The molecular formula is C8H7Cl3N2. The van der Waals surface area contributed by atoms with Crippen molar-refractivity contribution in [2.45, 2.75) is 6.92 Å². The molecule has 0 amide bonds. The number of benzene rings is 1. The van der Waals surface area contributed by atoms with E-state index in [0.29, 0.717) is 20.9 Å². The zero-order valence-electron chi connectivity index (χ0n) is 6.81. The van der Waals surface area contributed by atoms with E-state index in [2.05, 4.69) is 10.5 Å². The van der Waals surface area contributed by atoms with Crippen molar-refractivity contribution < 1.29 is 0 Å². The lowest BCUT2D eigenvalue weighted by molar-refractivity contribution is 1.34. The third-order valence-corrected chi connectivity index (χ3v) is 1.89. The third-order valence-electron chi connectivity index (χ3n) is 1.26. The standard InChI is InChI=1S/C8H7Cl3N2/c1-5(9)12-13-8-3-2-6(10)4-7(8)11/h2-4,13H,1H3. The molecule has 0 atom stereocenters. The van der Waals surface area contributed by atoms with Crippen LogP contribution in [0, 0.1) is 0 Å². The Morgan fingerprint density at radius 1 is 1.38 bits per heavy atom. The van der Waals surface area contributed by atoms with Crippen molar-refractivity contribution in [3.63, 3.8) is 0 Å². The summed E-state index contributed by atoms with van der Waals surface area (Å²) in [5.41, 5.74) is 3.38. The van der Waals surface area contributed by atoms with Crippen LogP contribution in [-0.2, 0) is 0 Å². The molecule has 1 aromatic carbocycles. The van der Waals surface area contributed by atoms with Gasteiger partial charge in [-0.3, -0.25) is 5.43 Å². The first-order valence-electron chi connectivity index (χ1n) is 3.50. The molecule has 0 saturated carbocycles. The molecule has 0 aliphatic rings. The maximum atomic E-state index is 5.85. The molecule has 13 heavy (non-hydrogen) atoms. The van der Waals surface area contributed by atoms with Gasteiger partial charge in [-0.2, -0.15) is 5.10 Å². The van der Waals surface area contributed by atoms with E-state index in [1.54, 1.807) is 25.1 Å². The van der Waals surface area contributed by atoms with Crippen LogP contribution >= 0.6 is 34.8 Å². The van der Waals surface area contributed by atoms with Gasteiger partial charge in [-0.05, 0) is 25.1 Å². The summed E-state index contributed by atoms with van der Waals surface area (Å²) >= 11 is 17.1. The van der Waals surface area contributed by atoms with E-state index in [1.165, 1.54) is 0 Å². The highest BCUT2D eigenvalue weighted by molar-refractivity contribution is 6.64. The van der Waals surface area contributed by atoms with Gasteiger partial charge in [0, 0.05) is 5.02 Å². The fourth-order valence-electron chi connectivity index (χ4n) is 0.717. The Balaban J connectivity index is 2.84. The van der Waals surface area contributed by atoms with E-state index in [0.717, 1.165) is 0 Å². The molecule has 0 aliphatic heterocycles. The maximum Gasteiger partial charge on any atom is 0.123 e. The number of hydrogen-bond acceptors (Lipinski definition) is 2. The van der Waals surface area contributed by atoms with Crippen molar-refractivity contribution in [3.8, 4) is 0 Å². The van der Waals surface area contributed by atoms with E-state index >= 15 is 0 Å². The van der Waals surface area contributed by atoms with Gasteiger partial charge in [-0.25, -0.2) is 0 Å². The highest BCUT2D eigenvalue weighted by Gasteiger charge is 1.98. The smallest absolute Gasteiger partial charge is 0.123 e. The average Bonchev–Trinajstić information content (AvgIpc) is 2.02. The molecule has 0 spiro atoms. The van der Waals surface area contributed by atoms with Crippen LogP contribution in [0.3, 0.4) is 0 Å². The first-order chi connectivity index (χ1) is 6.09. The SMILES string of the molecule is CC(Cl)=NNc1ccc(Cl)cc1Cl. The Morgan fingerprint density at radius 3 is 2.62 bits per heavy atom. The minimum Gasteiger partial charge on any atom is -0.276 e. The molecule has 1 N–H and O–H groups in total. The van der Waals surface area contributed by atoms with Crippen molar-refractivity contribution in [1.82, 2.24) is 0 Å². The summed E-state index contributed by atoms with van der Waals surface area (Å²) in [4.78, 5) is 0. The van der Waals surface area contributed by atoms with Gasteiger partial charge in [-0.1, -0.05) is 34.8 Å². The molecule has 0 heterocycles. The quantitative estimate of drug-likeness (QED) is 0.611. The number of nitrogens with zero attached hydrogens (tertiary/aromatic N) is 1. The van der Waals surface area contributed by atoms with Crippen molar-refractivity contribution in [3.05, 3.63) is 28.2 Å². The number of nitrogens with one attached hydrogen (secondary N) is 1. The van der Waals surface area contributed by atoms with Crippen molar-refractivity contribution in [2.75, 3.05) is 5.43 Å². The van der Waals surface area contributed by atoms with Crippen molar-refractivity contribution in [2.24, 2.45) is 5.10 Å². The van der Waals surface area contributed by atoms with Gasteiger partial charge in [-0.15, -0.1) is 0 Å². The van der Waals surface area contributed by atoms with Crippen LogP contribution in [0.4, 0.5) is 5.69 Å². The number of hydrazone groups is 1. The van der Waals surface area contributed by atoms with Crippen LogP contribution in [0.15, 0.2) is 23.3 Å². The van der Waals surface area contributed by atoms with Gasteiger partial charge in [0.2, 0.25) is 0 Å². The predicted octanol–water partition coefficient (Wildman–Crippen LogP) is 3.98. The molecule has 0 aromatic heterocycles. The van der Waals surface area contributed by atoms with Gasteiger partial charge in [0.25, 0.3) is 0 Å². The van der Waals surface area contributed by atoms with Gasteiger partial charge in [0.05, 0.1) is 10.7 Å². The molecule has 1 aromatic rings. The second-order valence-corrected chi connectivity index (χ2v) is 3.74. The van der Waals surface area contributed by atoms with Crippen LogP contribution in [0.5, 0.6) is 0 Å². The fraction of sp³-hybridized carbons (Fsp3) is 0.125. The summed E-state index contributed by atoms with van der Waals surface area (Å²) in [6.45, 7) is 1.67.